The number of carbonyl (C=O) groups excluding carboxylic acids is 1. The molecule has 0 aliphatic carbocycles. The Morgan fingerprint density at radius 2 is 1.74 bits per heavy atom. The molecule has 0 atom stereocenters. The van der Waals surface area contributed by atoms with Crippen molar-refractivity contribution >= 4 is 39.8 Å². The molecule has 0 bridgehead atoms. The van der Waals surface area contributed by atoms with Crippen LogP contribution in [-0.2, 0) is 11.4 Å². The van der Waals surface area contributed by atoms with E-state index in [-0.39, 0.29) is 28.7 Å². The van der Waals surface area contributed by atoms with Crippen molar-refractivity contribution < 1.29 is 19.8 Å². The monoisotopic (exact) mass is 329 g/mol. The Kier molecular flexibility index (Phi) is 3.90. The van der Waals surface area contributed by atoms with Crippen molar-refractivity contribution in [1.29, 1.82) is 0 Å². The molecule has 0 radical (unpaired) electrons. The lowest BCUT2D eigenvalue weighted by molar-refractivity contribution is -0.110. The molecule has 5 nitrogen and oxygen atoms in total. The molecule has 116 valence electrons. The number of carboxylic acids is 1. The van der Waals surface area contributed by atoms with E-state index in [1.54, 1.807) is 30.3 Å². The number of carboxylic acid groups (broad SMARTS) is 1. The summed E-state index contributed by atoms with van der Waals surface area (Å²) in [5.74, 6) is -1.45. The maximum atomic E-state index is 12.2. The lowest BCUT2D eigenvalue weighted by Crippen LogP contribution is -2.04. The molecule has 0 unspecified atom stereocenters. The van der Waals surface area contributed by atoms with Crippen LogP contribution in [0, 0.1) is 0 Å². The van der Waals surface area contributed by atoms with Crippen LogP contribution < -0.4 is 5.32 Å². The van der Waals surface area contributed by atoms with Crippen molar-refractivity contribution in [2.75, 3.05) is 5.32 Å². The highest BCUT2D eigenvalue weighted by Crippen LogP contribution is 2.39. The zero-order valence-electron chi connectivity index (χ0n) is 11.8. The quantitative estimate of drug-likeness (QED) is 0.756. The number of aromatic carboxylic acids is 1. The van der Waals surface area contributed by atoms with Crippen molar-refractivity contribution in [3.05, 3.63) is 64.7 Å². The average molecular weight is 330 g/mol. The molecule has 1 aliphatic heterocycles. The minimum absolute atomic E-state index is 0.0813. The third kappa shape index (κ3) is 2.72. The molecule has 0 fully saturated rings. The molecule has 3 rings (SSSR count). The van der Waals surface area contributed by atoms with E-state index in [1.165, 1.54) is 12.1 Å². The fraction of sp³-hybridized carbons (Fsp3) is 0.0588. The zero-order valence-corrected chi connectivity index (χ0v) is 12.6. The van der Waals surface area contributed by atoms with Gasteiger partial charge in [0.1, 0.15) is 0 Å². The van der Waals surface area contributed by atoms with E-state index in [9.17, 15) is 9.59 Å². The molecule has 0 saturated carbocycles. The number of rotatable bonds is 3. The van der Waals surface area contributed by atoms with E-state index in [1.807, 2.05) is 0 Å². The predicted octanol–water partition coefficient (Wildman–Crippen LogP) is 2.94. The van der Waals surface area contributed by atoms with Gasteiger partial charge in [-0.05, 0) is 29.3 Å². The van der Waals surface area contributed by atoms with Gasteiger partial charge in [0, 0.05) is 11.3 Å². The number of nitrogens with one attached hydrogen (secondary N) is 1. The van der Waals surface area contributed by atoms with Crippen LogP contribution >= 0.6 is 11.6 Å². The highest BCUT2D eigenvalue weighted by molar-refractivity contribution is 6.59. The summed E-state index contributed by atoms with van der Waals surface area (Å²) in [6.45, 7) is -0.0836. The van der Waals surface area contributed by atoms with Gasteiger partial charge < -0.3 is 15.5 Å². The fourth-order valence-electron chi connectivity index (χ4n) is 2.42. The molecular formula is C17H12ClNO4. The van der Waals surface area contributed by atoms with Crippen molar-refractivity contribution in [3.8, 4) is 0 Å². The second-order valence-electron chi connectivity index (χ2n) is 5.06. The SMILES string of the molecule is O=C1Nc2ccc(C(=O)O)cc2C1=C(Cl)c1ccc(CO)cc1. The Morgan fingerprint density at radius 3 is 2.35 bits per heavy atom. The molecule has 2 aromatic carbocycles. The van der Waals surface area contributed by atoms with Gasteiger partial charge in [0.05, 0.1) is 22.8 Å². The van der Waals surface area contributed by atoms with Crippen LogP contribution in [0.5, 0.6) is 0 Å². The van der Waals surface area contributed by atoms with E-state index >= 15 is 0 Å². The topological polar surface area (TPSA) is 86.6 Å². The normalized spacial score (nSPS) is 15.1. The standard InChI is InChI=1S/C17H12ClNO4/c18-15(10-3-1-9(8-20)2-4-10)14-12-7-11(17(22)23)5-6-13(12)19-16(14)21/h1-7,20H,8H2,(H,19,21)(H,22,23). The summed E-state index contributed by atoms with van der Waals surface area (Å²) < 4.78 is 0. The lowest BCUT2D eigenvalue weighted by Gasteiger charge is -2.06. The van der Waals surface area contributed by atoms with Crippen LogP contribution in [0.25, 0.3) is 10.6 Å². The summed E-state index contributed by atoms with van der Waals surface area (Å²) in [5, 5.41) is 21.1. The largest absolute Gasteiger partial charge is 0.478 e. The summed E-state index contributed by atoms with van der Waals surface area (Å²) in [7, 11) is 0. The van der Waals surface area contributed by atoms with Crippen LogP contribution in [0.4, 0.5) is 5.69 Å². The van der Waals surface area contributed by atoms with Gasteiger partial charge in [-0.15, -0.1) is 0 Å². The molecule has 2 aromatic rings. The Labute approximate surface area is 136 Å². The van der Waals surface area contributed by atoms with Crippen molar-refractivity contribution in [2.45, 2.75) is 6.61 Å². The van der Waals surface area contributed by atoms with Gasteiger partial charge in [-0.1, -0.05) is 35.9 Å². The summed E-state index contributed by atoms with van der Waals surface area (Å²) in [6.07, 6.45) is 0. The Balaban J connectivity index is 2.13. The second kappa shape index (κ2) is 5.87. The van der Waals surface area contributed by atoms with Gasteiger partial charge in [-0.25, -0.2) is 4.79 Å². The minimum atomic E-state index is -1.07. The molecular weight excluding hydrogens is 318 g/mol. The third-order valence-electron chi connectivity index (χ3n) is 3.62. The first-order valence-corrected chi connectivity index (χ1v) is 7.18. The van der Waals surface area contributed by atoms with Crippen molar-refractivity contribution in [3.63, 3.8) is 0 Å². The molecule has 0 aromatic heterocycles. The number of benzene rings is 2. The number of anilines is 1. The minimum Gasteiger partial charge on any atom is -0.478 e. The summed E-state index contributed by atoms with van der Waals surface area (Å²) in [4.78, 5) is 23.3. The molecule has 3 N–H and O–H groups in total. The van der Waals surface area contributed by atoms with Crippen molar-refractivity contribution in [1.82, 2.24) is 0 Å². The predicted molar refractivity (Wildman–Crippen MR) is 87.1 cm³/mol. The first kappa shape index (κ1) is 15.3. The molecule has 1 heterocycles. The van der Waals surface area contributed by atoms with Crippen LogP contribution in [0.3, 0.4) is 0 Å². The van der Waals surface area contributed by atoms with E-state index in [0.29, 0.717) is 16.8 Å². The van der Waals surface area contributed by atoms with Crippen LogP contribution in [0.1, 0.15) is 27.0 Å². The molecule has 23 heavy (non-hydrogen) atoms. The number of amides is 1. The summed E-state index contributed by atoms with van der Waals surface area (Å²) in [6, 6.07) is 11.2. The molecule has 1 aliphatic rings. The number of hydrogen-bond acceptors (Lipinski definition) is 3. The first-order chi connectivity index (χ1) is 11.0. The molecule has 0 spiro atoms. The van der Waals surface area contributed by atoms with Gasteiger partial charge in [-0.3, -0.25) is 4.79 Å². The molecule has 6 heteroatoms. The fourth-order valence-corrected chi connectivity index (χ4v) is 2.73. The van der Waals surface area contributed by atoms with E-state index in [4.69, 9.17) is 21.8 Å². The average Bonchev–Trinajstić information content (AvgIpc) is 2.89. The molecule has 1 amide bonds. The van der Waals surface area contributed by atoms with Gasteiger partial charge in [0.25, 0.3) is 5.91 Å². The number of carbonyl (C=O) groups is 2. The number of halogens is 1. The lowest BCUT2D eigenvalue weighted by atomic mass is 10.0. The van der Waals surface area contributed by atoms with Gasteiger partial charge >= 0.3 is 5.97 Å². The number of hydrogen-bond donors (Lipinski definition) is 3. The highest BCUT2D eigenvalue weighted by Gasteiger charge is 2.28. The van der Waals surface area contributed by atoms with E-state index < -0.39 is 5.97 Å². The zero-order chi connectivity index (χ0) is 16.6. The maximum absolute atomic E-state index is 12.2. The second-order valence-corrected chi connectivity index (χ2v) is 5.44. The Morgan fingerprint density at radius 1 is 1.09 bits per heavy atom. The third-order valence-corrected chi connectivity index (χ3v) is 4.03. The van der Waals surface area contributed by atoms with Gasteiger partial charge in [-0.2, -0.15) is 0 Å². The number of aliphatic hydroxyl groups excluding tert-OH is 1. The maximum Gasteiger partial charge on any atom is 0.335 e. The Bertz CT molecular complexity index is 840. The Hall–Kier alpha value is -2.63. The number of aliphatic hydroxyl groups is 1. The molecule has 0 saturated heterocycles. The van der Waals surface area contributed by atoms with Gasteiger partial charge in [0.2, 0.25) is 0 Å². The first-order valence-electron chi connectivity index (χ1n) is 6.80. The van der Waals surface area contributed by atoms with E-state index in [2.05, 4.69) is 5.32 Å². The van der Waals surface area contributed by atoms with E-state index in [0.717, 1.165) is 5.56 Å². The summed E-state index contributed by atoms with van der Waals surface area (Å²) >= 11 is 6.37. The van der Waals surface area contributed by atoms with Crippen molar-refractivity contribution in [2.24, 2.45) is 0 Å². The summed E-state index contributed by atoms with van der Waals surface area (Å²) in [5.41, 5.74) is 2.65. The smallest absolute Gasteiger partial charge is 0.335 e. The van der Waals surface area contributed by atoms with Gasteiger partial charge in [0.15, 0.2) is 0 Å². The van der Waals surface area contributed by atoms with Crippen LogP contribution in [0.2, 0.25) is 0 Å². The highest BCUT2D eigenvalue weighted by atomic mass is 35.5. The van der Waals surface area contributed by atoms with Crippen LogP contribution in [-0.4, -0.2) is 22.1 Å². The van der Waals surface area contributed by atoms with Crippen LogP contribution in [0.15, 0.2) is 42.5 Å². The number of fused-ring (bicyclic) bond motifs is 1.